The number of amides is 1. The molecule has 2 heterocycles. The van der Waals surface area contributed by atoms with Crippen LogP contribution in [0.25, 0.3) is 0 Å². The Morgan fingerprint density at radius 2 is 2.10 bits per heavy atom. The monoisotopic (exact) mass is 281 g/mol. The molecule has 2 aliphatic heterocycles. The van der Waals surface area contributed by atoms with Gasteiger partial charge in [0.25, 0.3) is 0 Å². The molecule has 2 saturated heterocycles. The lowest BCUT2D eigenvalue weighted by Gasteiger charge is -2.38. The maximum atomic E-state index is 12.0. The van der Waals surface area contributed by atoms with Crippen molar-refractivity contribution in [2.24, 2.45) is 11.8 Å². The number of likely N-dealkylation sites (tertiary alicyclic amines) is 1. The average molecular weight is 281 g/mol. The molecule has 2 aliphatic rings. The van der Waals surface area contributed by atoms with Gasteiger partial charge in [0.05, 0.1) is 6.04 Å². The van der Waals surface area contributed by atoms with Crippen molar-refractivity contribution < 1.29 is 4.79 Å². The molecule has 20 heavy (non-hydrogen) atoms. The van der Waals surface area contributed by atoms with Gasteiger partial charge in [0.2, 0.25) is 5.91 Å². The molecule has 3 atom stereocenters. The molecule has 2 rings (SSSR count). The van der Waals surface area contributed by atoms with E-state index in [0.717, 1.165) is 32.5 Å². The zero-order chi connectivity index (χ0) is 14.5. The van der Waals surface area contributed by atoms with E-state index in [-0.39, 0.29) is 11.9 Å². The third kappa shape index (κ3) is 4.19. The number of nitrogens with one attached hydrogen (secondary N) is 2. The van der Waals surface area contributed by atoms with Gasteiger partial charge in [-0.05, 0) is 57.5 Å². The fraction of sp³-hybridized carbons (Fsp3) is 0.938. The summed E-state index contributed by atoms with van der Waals surface area (Å²) in [6.07, 6.45) is 4.63. The fourth-order valence-electron chi connectivity index (χ4n) is 3.33. The van der Waals surface area contributed by atoms with E-state index >= 15 is 0 Å². The molecular weight excluding hydrogens is 250 g/mol. The molecule has 0 aliphatic carbocycles. The summed E-state index contributed by atoms with van der Waals surface area (Å²) in [6.45, 7) is 11.1. The first-order chi connectivity index (χ1) is 9.58. The summed E-state index contributed by atoms with van der Waals surface area (Å²) in [5, 5.41) is 6.42. The minimum Gasteiger partial charge on any atom is -0.354 e. The lowest BCUT2D eigenvalue weighted by atomic mass is 9.94. The highest BCUT2D eigenvalue weighted by molar-refractivity contribution is 5.81. The van der Waals surface area contributed by atoms with Gasteiger partial charge >= 0.3 is 0 Å². The number of rotatable bonds is 5. The van der Waals surface area contributed by atoms with E-state index in [9.17, 15) is 4.79 Å². The predicted molar refractivity (Wildman–Crippen MR) is 82.6 cm³/mol. The Hall–Kier alpha value is -0.610. The summed E-state index contributed by atoms with van der Waals surface area (Å²) >= 11 is 0. The Morgan fingerprint density at radius 1 is 1.30 bits per heavy atom. The molecule has 2 N–H and O–H groups in total. The zero-order valence-corrected chi connectivity index (χ0v) is 13.3. The van der Waals surface area contributed by atoms with E-state index in [1.54, 1.807) is 0 Å². The molecule has 116 valence electrons. The van der Waals surface area contributed by atoms with Crippen LogP contribution < -0.4 is 10.6 Å². The van der Waals surface area contributed by atoms with Crippen LogP contribution in [0.3, 0.4) is 0 Å². The summed E-state index contributed by atoms with van der Waals surface area (Å²) < 4.78 is 0. The first-order valence-corrected chi connectivity index (χ1v) is 8.33. The second-order valence-electron chi connectivity index (χ2n) is 6.88. The smallest absolute Gasteiger partial charge is 0.237 e. The number of nitrogens with zero attached hydrogens (tertiary/aromatic N) is 1. The van der Waals surface area contributed by atoms with Crippen LogP contribution in [0.5, 0.6) is 0 Å². The Labute approximate surface area is 123 Å². The summed E-state index contributed by atoms with van der Waals surface area (Å²) in [5.74, 6) is 1.53. The van der Waals surface area contributed by atoms with Crippen LogP contribution in [-0.2, 0) is 4.79 Å². The molecule has 0 aromatic rings. The minimum absolute atomic E-state index is 0.0595. The molecule has 0 spiro atoms. The number of piperidine rings is 1. The van der Waals surface area contributed by atoms with E-state index in [4.69, 9.17) is 0 Å². The fourth-order valence-corrected chi connectivity index (χ4v) is 3.33. The van der Waals surface area contributed by atoms with Crippen LogP contribution in [0, 0.1) is 11.8 Å². The Bertz CT molecular complexity index is 313. The largest absolute Gasteiger partial charge is 0.354 e. The third-order valence-corrected chi connectivity index (χ3v) is 5.03. The molecule has 3 unspecified atom stereocenters. The van der Waals surface area contributed by atoms with E-state index < -0.39 is 0 Å². The molecule has 0 bridgehead atoms. The highest BCUT2D eigenvalue weighted by atomic mass is 16.2. The van der Waals surface area contributed by atoms with Crippen molar-refractivity contribution in [1.82, 2.24) is 15.5 Å². The number of carbonyl (C=O) groups excluding carboxylic acids is 1. The van der Waals surface area contributed by atoms with E-state index in [1.165, 1.54) is 19.4 Å². The summed E-state index contributed by atoms with van der Waals surface area (Å²) in [5.41, 5.74) is 0. The molecule has 0 saturated carbocycles. The first-order valence-electron chi connectivity index (χ1n) is 8.33. The normalized spacial score (nSPS) is 29.6. The van der Waals surface area contributed by atoms with Gasteiger partial charge in [0, 0.05) is 19.1 Å². The summed E-state index contributed by atoms with van der Waals surface area (Å²) in [7, 11) is 0. The second kappa shape index (κ2) is 7.41. The molecule has 0 radical (unpaired) electrons. The van der Waals surface area contributed by atoms with Crippen molar-refractivity contribution in [1.29, 1.82) is 0 Å². The lowest BCUT2D eigenvalue weighted by molar-refractivity contribution is -0.123. The highest BCUT2D eigenvalue weighted by Gasteiger charge is 2.27. The van der Waals surface area contributed by atoms with Crippen LogP contribution in [0.1, 0.15) is 46.5 Å². The number of hydrogen-bond donors (Lipinski definition) is 2. The van der Waals surface area contributed by atoms with Crippen LogP contribution in [0.2, 0.25) is 0 Å². The van der Waals surface area contributed by atoms with Gasteiger partial charge < -0.3 is 15.5 Å². The topological polar surface area (TPSA) is 44.4 Å². The van der Waals surface area contributed by atoms with Crippen molar-refractivity contribution in [2.45, 2.75) is 58.5 Å². The Kier molecular flexibility index (Phi) is 5.85. The van der Waals surface area contributed by atoms with Gasteiger partial charge in [0.1, 0.15) is 0 Å². The predicted octanol–water partition coefficient (Wildman–Crippen LogP) is 1.61. The average Bonchev–Trinajstić information content (AvgIpc) is 2.98. The molecular formula is C16H31N3O. The van der Waals surface area contributed by atoms with Crippen molar-refractivity contribution in [3.8, 4) is 0 Å². The van der Waals surface area contributed by atoms with Crippen molar-refractivity contribution in [3.63, 3.8) is 0 Å². The molecule has 1 amide bonds. The van der Waals surface area contributed by atoms with Crippen LogP contribution in [0.4, 0.5) is 0 Å². The molecule has 0 aromatic heterocycles. The Morgan fingerprint density at radius 3 is 2.75 bits per heavy atom. The van der Waals surface area contributed by atoms with E-state index in [1.807, 2.05) is 0 Å². The maximum Gasteiger partial charge on any atom is 0.237 e. The van der Waals surface area contributed by atoms with Gasteiger partial charge in [-0.15, -0.1) is 0 Å². The molecule has 0 aromatic carbocycles. The third-order valence-electron chi connectivity index (χ3n) is 5.03. The van der Waals surface area contributed by atoms with Crippen LogP contribution >= 0.6 is 0 Å². The standard InChI is InChI=1S/C16H31N3O/c1-12(2)13(3)19-9-5-6-14(11-19)10-18-16(20)15-7-4-8-17-15/h12-15,17H,4-11H2,1-3H3,(H,18,20). The van der Waals surface area contributed by atoms with E-state index in [2.05, 4.69) is 36.3 Å². The zero-order valence-electron chi connectivity index (χ0n) is 13.3. The molecule has 4 nitrogen and oxygen atoms in total. The highest BCUT2D eigenvalue weighted by Crippen LogP contribution is 2.21. The quantitative estimate of drug-likeness (QED) is 0.805. The minimum atomic E-state index is 0.0595. The first kappa shape index (κ1) is 15.8. The number of hydrogen-bond acceptors (Lipinski definition) is 3. The molecule has 4 heteroatoms. The number of carbonyl (C=O) groups is 1. The van der Waals surface area contributed by atoms with E-state index in [0.29, 0.717) is 17.9 Å². The van der Waals surface area contributed by atoms with Crippen LogP contribution in [0.15, 0.2) is 0 Å². The van der Waals surface area contributed by atoms with Gasteiger partial charge in [-0.3, -0.25) is 4.79 Å². The maximum absolute atomic E-state index is 12.0. The molecule has 2 fully saturated rings. The lowest BCUT2D eigenvalue weighted by Crippen LogP contribution is -2.48. The summed E-state index contributed by atoms with van der Waals surface area (Å²) in [4.78, 5) is 14.6. The van der Waals surface area contributed by atoms with Crippen molar-refractivity contribution >= 4 is 5.91 Å². The second-order valence-corrected chi connectivity index (χ2v) is 6.88. The van der Waals surface area contributed by atoms with Crippen molar-refractivity contribution in [2.75, 3.05) is 26.2 Å². The van der Waals surface area contributed by atoms with Gasteiger partial charge in [-0.2, -0.15) is 0 Å². The SMILES string of the molecule is CC(C)C(C)N1CCCC(CNC(=O)C2CCCN2)C1. The van der Waals surface area contributed by atoms with Crippen LogP contribution in [-0.4, -0.2) is 49.1 Å². The van der Waals surface area contributed by atoms with Gasteiger partial charge in [-0.25, -0.2) is 0 Å². The summed E-state index contributed by atoms with van der Waals surface area (Å²) in [6, 6.07) is 0.703. The van der Waals surface area contributed by atoms with Gasteiger partial charge in [-0.1, -0.05) is 13.8 Å². The Balaban J connectivity index is 1.73. The van der Waals surface area contributed by atoms with Gasteiger partial charge in [0.15, 0.2) is 0 Å². The van der Waals surface area contributed by atoms with Crippen molar-refractivity contribution in [3.05, 3.63) is 0 Å².